The van der Waals surface area contributed by atoms with E-state index in [4.69, 9.17) is 9.47 Å². The first-order valence-electron chi connectivity index (χ1n) is 8.32. The summed E-state index contributed by atoms with van der Waals surface area (Å²) >= 11 is 3.47. The van der Waals surface area contributed by atoms with E-state index < -0.39 is 0 Å². The van der Waals surface area contributed by atoms with Crippen molar-refractivity contribution in [3.8, 4) is 0 Å². The van der Waals surface area contributed by atoms with E-state index in [1.54, 1.807) is 37.4 Å². The van der Waals surface area contributed by atoms with E-state index in [2.05, 4.69) is 25.3 Å². The van der Waals surface area contributed by atoms with Crippen molar-refractivity contribution in [2.24, 2.45) is 0 Å². The molecule has 4 nitrogen and oxygen atoms in total. The van der Waals surface area contributed by atoms with Crippen LogP contribution in [0.1, 0.15) is 19.4 Å². The molecule has 0 radical (unpaired) electrons. The molecule has 0 saturated carbocycles. The zero-order valence-corrected chi connectivity index (χ0v) is 17.0. The second-order valence-corrected chi connectivity index (χ2v) is 8.61. The van der Waals surface area contributed by atoms with E-state index in [-0.39, 0.29) is 16.5 Å². The van der Waals surface area contributed by atoms with Crippen molar-refractivity contribution in [1.29, 1.82) is 0 Å². The Bertz CT molecular complexity index is 579. The lowest BCUT2D eigenvalue weighted by Crippen LogP contribution is -2.13. The highest BCUT2D eigenvalue weighted by atomic mass is 32.2. The van der Waals surface area contributed by atoms with Crippen LogP contribution < -0.4 is 0 Å². The van der Waals surface area contributed by atoms with Gasteiger partial charge in [0, 0.05) is 22.7 Å². The smallest absolute Gasteiger partial charge is 0.333 e. The van der Waals surface area contributed by atoms with E-state index in [1.165, 1.54) is 5.56 Å². The van der Waals surface area contributed by atoms with Crippen LogP contribution in [0.15, 0.2) is 54.6 Å². The van der Waals surface area contributed by atoms with Gasteiger partial charge in [-0.15, -0.1) is 23.5 Å². The minimum atomic E-state index is -0.357. The fraction of sp³-hybridized carbons (Fsp3) is 0.400. The SMILES string of the molecule is C=C(C)C(=O)OCCSC(Cc1ccccc1)SCCOC(=O)C(=C)C. The maximum absolute atomic E-state index is 11.4. The second kappa shape index (κ2) is 12.7. The number of rotatable bonds is 12. The molecule has 1 aromatic carbocycles. The maximum atomic E-state index is 11.4. The summed E-state index contributed by atoms with van der Waals surface area (Å²) in [5, 5.41) is 0. The standard InChI is InChI=1S/C20H26O4S2/c1-15(2)19(21)23-10-12-25-18(14-17-8-6-5-7-9-17)26-13-11-24-20(22)16(3)4/h5-9,18H,1,3,10-14H2,2,4H3. The Labute approximate surface area is 164 Å². The summed E-state index contributed by atoms with van der Waals surface area (Å²) in [6.45, 7) is 11.1. The molecule has 0 aromatic heterocycles. The summed E-state index contributed by atoms with van der Waals surface area (Å²) in [7, 11) is 0. The van der Waals surface area contributed by atoms with E-state index in [1.807, 2.05) is 18.2 Å². The number of thioether (sulfide) groups is 2. The highest BCUT2D eigenvalue weighted by molar-refractivity contribution is 8.17. The van der Waals surface area contributed by atoms with Crippen molar-refractivity contribution in [1.82, 2.24) is 0 Å². The molecule has 0 fully saturated rings. The van der Waals surface area contributed by atoms with Gasteiger partial charge in [0.25, 0.3) is 0 Å². The van der Waals surface area contributed by atoms with Crippen molar-refractivity contribution in [2.75, 3.05) is 24.7 Å². The minimum Gasteiger partial charge on any atom is -0.461 e. The molecular weight excluding hydrogens is 368 g/mol. The molecule has 0 N–H and O–H groups in total. The molecule has 1 aromatic rings. The lowest BCUT2D eigenvalue weighted by atomic mass is 10.2. The number of carbonyl (C=O) groups is 2. The molecule has 0 saturated heterocycles. The number of hydrogen-bond donors (Lipinski definition) is 0. The lowest BCUT2D eigenvalue weighted by Gasteiger charge is -2.16. The Morgan fingerprint density at radius 2 is 1.38 bits per heavy atom. The molecule has 0 aliphatic rings. The van der Waals surface area contributed by atoms with Crippen LogP contribution in [0, 0.1) is 0 Å². The van der Waals surface area contributed by atoms with Crippen molar-refractivity contribution < 1.29 is 19.1 Å². The average molecular weight is 395 g/mol. The van der Waals surface area contributed by atoms with Gasteiger partial charge in [0.05, 0.1) is 4.58 Å². The number of carbonyl (C=O) groups excluding carboxylic acids is 2. The van der Waals surface area contributed by atoms with Gasteiger partial charge in [0.2, 0.25) is 0 Å². The van der Waals surface area contributed by atoms with Crippen LogP contribution >= 0.6 is 23.5 Å². The average Bonchev–Trinajstić information content (AvgIpc) is 2.62. The van der Waals surface area contributed by atoms with E-state index in [9.17, 15) is 9.59 Å². The van der Waals surface area contributed by atoms with Crippen LogP contribution in [0.25, 0.3) is 0 Å². The maximum Gasteiger partial charge on any atom is 0.333 e. The molecule has 0 bridgehead atoms. The predicted molar refractivity (Wildman–Crippen MR) is 110 cm³/mol. The molecule has 0 amide bonds. The van der Waals surface area contributed by atoms with Crippen LogP contribution in [0.5, 0.6) is 0 Å². The van der Waals surface area contributed by atoms with Gasteiger partial charge in [-0.05, 0) is 25.8 Å². The van der Waals surface area contributed by atoms with Crippen molar-refractivity contribution in [3.05, 3.63) is 60.2 Å². The monoisotopic (exact) mass is 394 g/mol. The number of hydrogen-bond acceptors (Lipinski definition) is 6. The van der Waals surface area contributed by atoms with Gasteiger partial charge < -0.3 is 9.47 Å². The third-order valence-electron chi connectivity index (χ3n) is 3.18. The quantitative estimate of drug-likeness (QED) is 0.228. The zero-order valence-electron chi connectivity index (χ0n) is 15.4. The highest BCUT2D eigenvalue weighted by Gasteiger charge is 2.13. The summed E-state index contributed by atoms with van der Waals surface area (Å²) in [4.78, 5) is 22.8. The fourth-order valence-corrected chi connectivity index (χ4v) is 4.31. The third kappa shape index (κ3) is 9.73. The molecule has 0 unspecified atom stereocenters. The van der Waals surface area contributed by atoms with E-state index >= 15 is 0 Å². The zero-order chi connectivity index (χ0) is 19.4. The Kier molecular flexibility index (Phi) is 10.9. The fourth-order valence-electron chi connectivity index (χ4n) is 1.85. The van der Waals surface area contributed by atoms with Gasteiger partial charge in [-0.25, -0.2) is 9.59 Å². The Morgan fingerprint density at radius 3 is 1.81 bits per heavy atom. The highest BCUT2D eigenvalue weighted by Crippen LogP contribution is 2.27. The normalized spacial score (nSPS) is 10.4. The molecule has 0 aliphatic heterocycles. The van der Waals surface area contributed by atoms with Gasteiger partial charge >= 0.3 is 11.9 Å². The van der Waals surface area contributed by atoms with Crippen molar-refractivity contribution in [3.63, 3.8) is 0 Å². The Balaban J connectivity index is 2.43. The van der Waals surface area contributed by atoms with Crippen LogP contribution in [0.4, 0.5) is 0 Å². The lowest BCUT2D eigenvalue weighted by molar-refractivity contribution is -0.139. The Hall–Kier alpha value is -1.66. The van der Waals surface area contributed by atoms with Gasteiger partial charge in [-0.1, -0.05) is 43.5 Å². The van der Waals surface area contributed by atoms with Crippen molar-refractivity contribution >= 4 is 35.5 Å². The predicted octanol–water partition coefficient (Wildman–Crippen LogP) is 4.26. The second-order valence-electron chi connectivity index (χ2n) is 5.69. The van der Waals surface area contributed by atoms with Crippen LogP contribution in [0.2, 0.25) is 0 Å². The van der Waals surface area contributed by atoms with Crippen LogP contribution in [-0.2, 0) is 25.5 Å². The first kappa shape index (κ1) is 22.4. The van der Waals surface area contributed by atoms with E-state index in [0.29, 0.717) is 35.9 Å². The minimum absolute atomic E-state index is 0.282. The molecule has 0 spiro atoms. The van der Waals surface area contributed by atoms with Gasteiger partial charge in [-0.3, -0.25) is 0 Å². The van der Waals surface area contributed by atoms with Gasteiger partial charge in [-0.2, -0.15) is 0 Å². The van der Waals surface area contributed by atoms with E-state index in [0.717, 1.165) is 6.42 Å². The summed E-state index contributed by atoms with van der Waals surface area (Å²) < 4.78 is 10.6. The molecule has 26 heavy (non-hydrogen) atoms. The molecule has 0 aliphatic carbocycles. The molecule has 6 heteroatoms. The summed E-state index contributed by atoms with van der Waals surface area (Å²) in [6, 6.07) is 10.2. The molecule has 0 atom stereocenters. The largest absolute Gasteiger partial charge is 0.461 e. The number of ether oxygens (including phenoxy) is 2. The van der Waals surface area contributed by atoms with Crippen LogP contribution in [-0.4, -0.2) is 41.2 Å². The summed E-state index contributed by atoms with van der Waals surface area (Å²) in [6.07, 6.45) is 0.888. The van der Waals surface area contributed by atoms with Gasteiger partial charge in [0.15, 0.2) is 0 Å². The first-order chi connectivity index (χ1) is 12.4. The summed E-state index contributed by atoms with van der Waals surface area (Å²) in [5.41, 5.74) is 2.06. The molecule has 142 valence electrons. The van der Waals surface area contributed by atoms with Crippen LogP contribution in [0.3, 0.4) is 0 Å². The Morgan fingerprint density at radius 1 is 0.923 bits per heavy atom. The molecular formula is C20H26O4S2. The third-order valence-corrected chi connectivity index (χ3v) is 5.88. The number of esters is 2. The number of benzene rings is 1. The topological polar surface area (TPSA) is 52.6 Å². The summed E-state index contributed by atoms with van der Waals surface area (Å²) in [5.74, 6) is 0.693. The van der Waals surface area contributed by atoms with Crippen molar-refractivity contribution in [2.45, 2.75) is 24.9 Å². The molecule has 1 rings (SSSR count). The first-order valence-corrected chi connectivity index (χ1v) is 10.4. The molecule has 0 heterocycles. The van der Waals surface area contributed by atoms with Gasteiger partial charge in [0.1, 0.15) is 13.2 Å².